The number of Topliss-reactive ketones (excluding diaryl/α,β-unsaturated/α-hetero) is 1. The number of anilines is 1. The third-order valence-electron chi connectivity index (χ3n) is 5.71. The first-order valence-corrected chi connectivity index (χ1v) is 10.3. The van der Waals surface area contributed by atoms with Gasteiger partial charge in [-0.1, -0.05) is 23.7 Å². The predicted octanol–water partition coefficient (Wildman–Crippen LogP) is 2.55. The molecule has 28 heavy (non-hydrogen) atoms. The fourth-order valence-corrected chi connectivity index (χ4v) is 4.58. The molecule has 3 rings (SSSR count). The zero-order valence-electron chi connectivity index (χ0n) is 17.3. The van der Waals surface area contributed by atoms with E-state index in [2.05, 4.69) is 29.4 Å². The van der Waals surface area contributed by atoms with Crippen LogP contribution >= 0.6 is 11.6 Å². The van der Waals surface area contributed by atoms with Crippen molar-refractivity contribution in [2.45, 2.75) is 26.8 Å². The first-order valence-electron chi connectivity index (χ1n) is 9.96. The van der Waals surface area contributed by atoms with Crippen molar-refractivity contribution in [3.63, 3.8) is 0 Å². The molecule has 5 nitrogen and oxygen atoms in total. The smallest absolute Gasteiger partial charge is 0.218 e. The summed E-state index contributed by atoms with van der Waals surface area (Å²) >= 11 is 6.33. The summed E-state index contributed by atoms with van der Waals surface area (Å²) in [5, 5.41) is 0.791. The summed E-state index contributed by atoms with van der Waals surface area (Å²) in [7, 11) is 1.71. The van der Waals surface area contributed by atoms with Gasteiger partial charge in [0.25, 0.3) is 0 Å². The molecule has 0 saturated carbocycles. The molecule has 1 aromatic carbocycles. The number of nitrogens with one attached hydrogen (secondary N) is 1. The minimum absolute atomic E-state index is 0.220. The molecule has 0 radical (unpaired) electrons. The van der Waals surface area contributed by atoms with Crippen molar-refractivity contribution in [2.24, 2.45) is 0 Å². The molecule has 1 aliphatic heterocycles. The van der Waals surface area contributed by atoms with Gasteiger partial charge in [0.2, 0.25) is 5.78 Å². The second kappa shape index (κ2) is 9.12. The summed E-state index contributed by atoms with van der Waals surface area (Å²) < 4.78 is 7.50. The van der Waals surface area contributed by atoms with E-state index in [-0.39, 0.29) is 11.8 Å². The summed E-state index contributed by atoms with van der Waals surface area (Å²) in [5.74, 6) is 0.227. The number of aryl methyl sites for hydroxylation is 1. The summed E-state index contributed by atoms with van der Waals surface area (Å²) in [4.78, 5) is 16.6. The lowest BCUT2D eigenvalue weighted by Crippen LogP contribution is -3.15. The van der Waals surface area contributed by atoms with Gasteiger partial charge in [0.15, 0.2) is 0 Å². The van der Waals surface area contributed by atoms with Crippen LogP contribution in [0.15, 0.2) is 30.3 Å². The van der Waals surface area contributed by atoms with E-state index in [0.717, 1.165) is 53.8 Å². The number of ether oxygens (including phenoxy) is 1. The van der Waals surface area contributed by atoms with Crippen molar-refractivity contribution in [2.75, 3.05) is 51.3 Å². The molecule has 1 aliphatic rings. The van der Waals surface area contributed by atoms with E-state index in [0.29, 0.717) is 13.2 Å². The maximum absolute atomic E-state index is 13.0. The van der Waals surface area contributed by atoms with Gasteiger partial charge in [0, 0.05) is 24.1 Å². The summed E-state index contributed by atoms with van der Waals surface area (Å²) in [6.45, 7) is 11.1. The Hall–Kier alpha value is -1.82. The number of ketones is 1. The summed E-state index contributed by atoms with van der Waals surface area (Å²) in [5.41, 5.74) is 4.09. The molecule has 1 fully saturated rings. The topological polar surface area (TPSA) is 38.9 Å². The molecular weight excluding hydrogens is 374 g/mol. The van der Waals surface area contributed by atoms with Gasteiger partial charge >= 0.3 is 0 Å². The van der Waals surface area contributed by atoms with Crippen LogP contribution in [0.25, 0.3) is 0 Å². The number of hydrogen-bond donors (Lipinski definition) is 1. The normalized spacial score (nSPS) is 16.4. The summed E-state index contributed by atoms with van der Waals surface area (Å²) in [6.07, 6.45) is 0. The fraction of sp³-hybridized carbons (Fsp3) is 0.500. The average molecular weight is 405 g/mol. The Morgan fingerprint density at radius 3 is 2.57 bits per heavy atom. The Morgan fingerprint density at radius 2 is 1.93 bits per heavy atom. The van der Waals surface area contributed by atoms with Crippen LogP contribution in [0.1, 0.15) is 34.7 Å². The Labute approximate surface area is 172 Å². The number of quaternary nitrogens is 1. The van der Waals surface area contributed by atoms with Gasteiger partial charge in [0.1, 0.15) is 6.54 Å². The number of hydrogen-bond acceptors (Lipinski definition) is 3. The molecule has 1 atom stereocenters. The molecule has 1 aromatic heterocycles. The van der Waals surface area contributed by atoms with Crippen LogP contribution in [-0.2, 0) is 4.74 Å². The number of benzene rings is 1. The predicted molar refractivity (Wildman–Crippen MR) is 114 cm³/mol. The minimum atomic E-state index is 0.220. The van der Waals surface area contributed by atoms with Crippen molar-refractivity contribution >= 4 is 23.1 Å². The summed E-state index contributed by atoms with van der Waals surface area (Å²) in [6, 6.07) is 10.2. The van der Waals surface area contributed by atoms with Crippen LogP contribution in [-0.4, -0.2) is 56.8 Å². The molecule has 0 bridgehead atoms. The molecule has 6 heteroatoms. The lowest BCUT2D eigenvalue weighted by molar-refractivity contribution is -0.892. The van der Waals surface area contributed by atoms with Gasteiger partial charge < -0.3 is 19.1 Å². The van der Waals surface area contributed by atoms with Gasteiger partial charge in [-0.3, -0.25) is 4.79 Å². The monoisotopic (exact) mass is 404 g/mol. The van der Waals surface area contributed by atoms with Crippen molar-refractivity contribution in [3.8, 4) is 0 Å². The van der Waals surface area contributed by atoms with Crippen molar-refractivity contribution in [1.82, 2.24) is 4.57 Å². The average Bonchev–Trinajstić information content (AvgIpc) is 2.97. The molecule has 0 unspecified atom stereocenters. The number of methoxy groups -OCH3 is 1. The zero-order valence-corrected chi connectivity index (χ0v) is 18.1. The number of nitrogens with zero attached hydrogens (tertiary/aromatic N) is 2. The molecule has 1 N–H and O–H groups in total. The highest BCUT2D eigenvalue weighted by Crippen LogP contribution is 2.25. The maximum atomic E-state index is 13.0. The van der Waals surface area contributed by atoms with Crippen LogP contribution in [0.5, 0.6) is 0 Å². The number of para-hydroxylation sites is 1. The first kappa shape index (κ1) is 20.9. The molecule has 152 valence electrons. The second-order valence-electron chi connectivity index (χ2n) is 7.75. The maximum Gasteiger partial charge on any atom is 0.218 e. The van der Waals surface area contributed by atoms with Gasteiger partial charge in [-0.25, -0.2) is 0 Å². The van der Waals surface area contributed by atoms with E-state index in [4.69, 9.17) is 16.3 Å². The number of carbonyl (C=O) groups is 1. The van der Waals surface area contributed by atoms with Crippen LogP contribution in [0.3, 0.4) is 0 Å². The molecule has 1 saturated heterocycles. The number of carbonyl (C=O) groups excluding carboxylic acids is 1. The van der Waals surface area contributed by atoms with Gasteiger partial charge in [-0.2, -0.15) is 0 Å². The van der Waals surface area contributed by atoms with E-state index in [1.54, 1.807) is 7.11 Å². The first-order chi connectivity index (χ1) is 13.4. The third-order valence-corrected chi connectivity index (χ3v) is 6.03. The van der Waals surface area contributed by atoms with Crippen LogP contribution in [0.4, 0.5) is 5.69 Å². The SMILES string of the molecule is COC[C@H](C)n1c(C)cc(C(=O)C[NH+]2CCN(c3ccccc3Cl)CC2)c1C. The molecule has 0 aliphatic carbocycles. The van der Waals surface area contributed by atoms with Crippen LogP contribution in [0.2, 0.25) is 5.02 Å². The van der Waals surface area contributed by atoms with Crippen molar-refractivity contribution in [3.05, 3.63) is 52.3 Å². The van der Waals surface area contributed by atoms with Gasteiger partial charge in [-0.15, -0.1) is 0 Å². The highest BCUT2D eigenvalue weighted by atomic mass is 35.5. The van der Waals surface area contributed by atoms with E-state index in [1.165, 1.54) is 4.90 Å². The lowest BCUT2D eigenvalue weighted by atomic mass is 10.1. The van der Waals surface area contributed by atoms with E-state index in [9.17, 15) is 4.79 Å². The number of halogens is 1. The van der Waals surface area contributed by atoms with Crippen molar-refractivity contribution < 1.29 is 14.4 Å². The lowest BCUT2D eigenvalue weighted by Gasteiger charge is -2.33. The van der Waals surface area contributed by atoms with E-state index < -0.39 is 0 Å². The van der Waals surface area contributed by atoms with Gasteiger partial charge in [0.05, 0.1) is 49.5 Å². The second-order valence-corrected chi connectivity index (χ2v) is 8.15. The molecule has 0 amide bonds. The minimum Gasteiger partial charge on any atom is -0.383 e. The molecule has 0 spiro atoms. The fourth-order valence-electron chi connectivity index (χ4n) is 4.32. The zero-order chi connectivity index (χ0) is 20.3. The highest BCUT2D eigenvalue weighted by Gasteiger charge is 2.26. The van der Waals surface area contributed by atoms with Gasteiger partial charge in [-0.05, 0) is 39.0 Å². The third kappa shape index (κ3) is 4.43. The Bertz CT molecular complexity index is 825. The Kier molecular flexibility index (Phi) is 6.81. The highest BCUT2D eigenvalue weighted by molar-refractivity contribution is 6.33. The van der Waals surface area contributed by atoms with E-state index >= 15 is 0 Å². The number of piperazine rings is 1. The Morgan fingerprint density at radius 1 is 1.25 bits per heavy atom. The standard InChI is InChI=1S/C22H30ClN3O2/c1-16-13-19(18(3)26(16)17(2)15-28-4)22(27)14-24-9-11-25(12-10-24)21-8-6-5-7-20(21)23/h5-8,13,17H,9-12,14-15H2,1-4H3/p+1/t17-/m0/s1. The number of rotatable bonds is 7. The Balaban J connectivity index is 1.62. The van der Waals surface area contributed by atoms with Crippen LogP contribution in [0, 0.1) is 13.8 Å². The quantitative estimate of drug-likeness (QED) is 0.721. The molecular formula is C22H31ClN3O2+. The number of aromatic nitrogens is 1. The largest absolute Gasteiger partial charge is 0.383 e. The molecule has 2 aromatic rings. The van der Waals surface area contributed by atoms with Crippen molar-refractivity contribution in [1.29, 1.82) is 0 Å². The molecule has 2 heterocycles. The van der Waals surface area contributed by atoms with Crippen LogP contribution < -0.4 is 9.80 Å². The van der Waals surface area contributed by atoms with E-state index in [1.807, 2.05) is 31.2 Å².